The topological polar surface area (TPSA) is 78.7 Å². The molecule has 9 heteroatoms. The number of fused-ring (bicyclic) bond motifs is 1. The molecule has 144 valence electrons. The van der Waals surface area contributed by atoms with Gasteiger partial charge < -0.3 is 15.1 Å². The van der Waals surface area contributed by atoms with Crippen molar-refractivity contribution in [3.63, 3.8) is 0 Å². The van der Waals surface area contributed by atoms with E-state index in [0.29, 0.717) is 24.0 Å². The Bertz CT molecular complexity index is 1010. The number of hydrogen-bond acceptors (Lipinski definition) is 5. The number of amides is 2. The molecular formula is C19H20ClN7O. The molecule has 1 saturated carbocycles. The highest BCUT2D eigenvalue weighted by atomic mass is 35.5. The van der Waals surface area contributed by atoms with E-state index in [4.69, 9.17) is 16.7 Å². The maximum absolute atomic E-state index is 12.5. The Kier molecular flexibility index (Phi) is 4.27. The minimum Gasteiger partial charge on any atom is -0.352 e. The van der Waals surface area contributed by atoms with Crippen molar-refractivity contribution in [2.75, 3.05) is 36.4 Å². The van der Waals surface area contributed by atoms with Crippen LogP contribution < -0.4 is 10.2 Å². The summed E-state index contributed by atoms with van der Waals surface area (Å²) in [5.74, 6) is 2.34. The first kappa shape index (κ1) is 17.2. The number of hydrogen-bond donors (Lipinski definition) is 1. The maximum atomic E-state index is 12.5. The van der Waals surface area contributed by atoms with Crippen LogP contribution in [0.5, 0.6) is 0 Å². The first-order valence-corrected chi connectivity index (χ1v) is 9.84. The van der Waals surface area contributed by atoms with Crippen LogP contribution in [-0.2, 0) is 0 Å². The van der Waals surface area contributed by atoms with Crippen LogP contribution in [-0.4, -0.2) is 56.9 Å². The molecule has 1 saturated heterocycles. The third kappa shape index (κ3) is 3.35. The van der Waals surface area contributed by atoms with Gasteiger partial charge in [0.15, 0.2) is 11.5 Å². The molecule has 28 heavy (non-hydrogen) atoms. The summed E-state index contributed by atoms with van der Waals surface area (Å²) in [6.07, 6.45) is 2.32. The molecule has 8 nitrogen and oxygen atoms in total. The van der Waals surface area contributed by atoms with E-state index in [2.05, 4.69) is 20.4 Å². The molecule has 3 aromatic rings. The van der Waals surface area contributed by atoms with Crippen molar-refractivity contribution in [2.24, 2.45) is 0 Å². The lowest BCUT2D eigenvalue weighted by Crippen LogP contribution is -2.50. The summed E-state index contributed by atoms with van der Waals surface area (Å²) in [6.45, 7) is 2.73. The van der Waals surface area contributed by atoms with E-state index in [-0.39, 0.29) is 6.03 Å². The summed E-state index contributed by atoms with van der Waals surface area (Å²) in [5, 5.41) is 16.8. The zero-order valence-electron chi connectivity index (χ0n) is 15.3. The Morgan fingerprint density at radius 1 is 1.00 bits per heavy atom. The fourth-order valence-corrected chi connectivity index (χ4v) is 3.56. The number of carbonyl (C=O) groups excluding carboxylic acids is 1. The van der Waals surface area contributed by atoms with Gasteiger partial charge in [0.1, 0.15) is 5.82 Å². The monoisotopic (exact) mass is 397 g/mol. The lowest BCUT2D eigenvalue weighted by molar-refractivity contribution is 0.208. The van der Waals surface area contributed by atoms with Crippen molar-refractivity contribution in [1.29, 1.82) is 0 Å². The SMILES string of the molecule is O=C(Nc1ccc(Cl)cc1)N1CCN(c2ccc3nnc(C4CC4)n3n2)CC1. The van der Waals surface area contributed by atoms with Crippen LogP contribution in [0.15, 0.2) is 36.4 Å². The molecule has 0 bridgehead atoms. The number of anilines is 2. The average Bonchev–Trinajstić information content (AvgIpc) is 3.48. The predicted octanol–water partition coefficient (Wildman–Crippen LogP) is 3.01. The summed E-state index contributed by atoms with van der Waals surface area (Å²) in [4.78, 5) is 16.5. The Morgan fingerprint density at radius 3 is 2.46 bits per heavy atom. The Labute approximate surface area is 167 Å². The van der Waals surface area contributed by atoms with Gasteiger partial charge in [0, 0.05) is 42.8 Å². The number of urea groups is 1. The molecule has 2 aliphatic rings. The number of piperazine rings is 1. The second-order valence-electron chi connectivity index (χ2n) is 7.21. The standard InChI is InChI=1S/C19H20ClN7O/c20-14-3-5-15(6-4-14)21-19(28)26-11-9-25(10-12-26)17-8-7-16-22-23-18(13-1-2-13)27(16)24-17/h3-8,13H,1-2,9-12H2,(H,21,28). The van der Waals surface area contributed by atoms with Crippen LogP contribution in [0.1, 0.15) is 24.6 Å². The zero-order chi connectivity index (χ0) is 19.1. The van der Waals surface area contributed by atoms with Gasteiger partial charge in [-0.2, -0.15) is 4.52 Å². The highest BCUT2D eigenvalue weighted by Crippen LogP contribution is 2.38. The number of rotatable bonds is 3. The summed E-state index contributed by atoms with van der Waals surface area (Å²) < 4.78 is 1.87. The number of halogens is 1. The highest BCUT2D eigenvalue weighted by molar-refractivity contribution is 6.30. The van der Waals surface area contributed by atoms with Crippen LogP contribution in [0.4, 0.5) is 16.3 Å². The molecule has 0 radical (unpaired) electrons. The molecule has 0 atom stereocenters. The summed E-state index contributed by atoms with van der Waals surface area (Å²) in [5.41, 5.74) is 1.52. The first-order chi connectivity index (χ1) is 13.7. The maximum Gasteiger partial charge on any atom is 0.321 e. The Balaban J connectivity index is 1.24. The van der Waals surface area contributed by atoms with Gasteiger partial charge >= 0.3 is 6.03 Å². The van der Waals surface area contributed by atoms with E-state index in [0.717, 1.165) is 48.9 Å². The van der Waals surface area contributed by atoms with Crippen molar-refractivity contribution in [1.82, 2.24) is 24.7 Å². The largest absolute Gasteiger partial charge is 0.352 e. The average molecular weight is 398 g/mol. The van der Waals surface area contributed by atoms with Crippen molar-refractivity contribution >= 4 is 34.8 Å². The van der Waals surface area contributed by atoms with E-state index in [9.17, 15) is 4.79 Å². The van der Waals surface area contributed by atoms with Gasteiger partial charge in [0.2, 0.25) is 0 Å². The smallest absolute Gasteiger partial charge is 0.321 e. The van der Waals surface area contributed by atoms with Gasteiger partial charge in [-0.25, -0.2) is 4.79 Å². The van der Waals surface area contributed by atoms with Crippen molar-refractivity contribution in [3.05, 3.63) is 47.2 Å². The summed E-state index contributed by atoms with van der Waals surface area (Å²) >= 11 is 5.89. The summed E-state index contributed by atoms with van der Waals surface area (Å²) in [7, 11) is 0. The lowest BCUT2D eigenvalue weighted by atomic mass is 10.3. The fraction of sp³-hybridized carbons (Fsp3) is 0.368. The van der Waals surface area contributed by atoms with Crippen LogP contribution in [0, 0.1) is 0 Å². The van der Waals surface area contributed by atoms with Gasteiger partial charge in [0.25, 0.3) is 0 Å². The number of carbonyl (C=O) groups is 1. The molecule has 0 spiro atoms. The van der Waals surface area contributed by atoms with Crippen molar-refractivity contribution < 1.29 is 4.79 Å². The van der Waals surface area contributed by atoms with Crippen LogP contribution in [0.3, 0.4) is 0 Å². The van der Waals surface area contributed by atoms with E-state index >= 15 is 0 Å². The molecule has 2 amide bonds. The number of nitrogens with zero attached hydrogens (tertiary/aromatic N) is 6. The van der Waals surface area contributed by atoms with Gasteiger partial charge in [-0.15, -0.1) is 15.3 Å². The first-order valence-electron chi connectivity index (χ1n) is 9.46. The molecule has 5 rings (SSSR count). The fourth-order valence-electron chi connectivity index (χ4n) is 3.43. The van der Waals surface area contributed by atoms with E-state index < -0.39 is 0 Å². The normalized spacial score (nSPS) is 17.2. The van der Waals surface area contributed by atoms with Crippen LogP contribution in [0.25, 0.3) is 5.65 Å². The highest BCUT2D eigenvalue weighted by Gasteiger charge is 2.30. The van der Waals surface area contributed by atoms with Crippen LogP contribution in [0.2, 0.25) is 5.02 Å². The van der Waals surface area contributed by atoms with Crippen LogP contribution >= 0.6 is 11.6 Å². The second kappa shape index (κ2) is 6.94. The molecular weight excluding hydrogens is 378 g/mol. The molecule has 2 aromatic heterocycles. The molecule has 1 aliphatic carbocycles. The van der Waals surface area contributed by atoms with Gasteiger partial charge in [-0.1, -0.05) is 11.6 Å². The second-order valence-corrected chi connectivity index (χ2v) is 7.64. The zero-order valence-corrected chi connectivity index (χ0v) is 16.0. The molecule has 2 fully saturated rings. The quantitative estimate of drug-likeness (QED) is 0.735. The molecule has 1 aromatic carbocycles. The number of benzene rings is 1. The van der Waals surface area contributed by atoms with E-state index in [1.54, 1.807) is 24.3 Å². The molecule has 1 aliphatic heterocycles. The van der Waals surface area contributed by atoms with Gasteiger partial charge in [-0.05, 0) is 49.2 Å². The Hall–Kier alpha value is -2.87. The van der Waals surface area contributed by atoms with E-state index in [1.807, 2.05) is 21.5 Å². The minimum absolute atomic E-state index is 0.0970. The van der Waals surface area contributed by atoms with Crippen molar-refractivity contribution in [3.8, 4) is 0 Å². The van der Waals surface area contributed by atoms with Gasteiger partial charge in [-0.3, -0.25) is 0 Å². The Morgan fingerprint density at radius 2 is 1.75 bits per heavy atom. The predicted molar refractivity (Wildman–Crippen MR) is 107 cm³/mol. The third-order valence-electron chi connectivity index (χ3n) is 5.20. The molecule has 0 unspecified atom stereocenters. The summed E-state index contributed by atoms with van der Waals surface area (Å²) in [6, 6.07) is 11.0. The van der Waals surface area contributed by atoms with E-state index in [1.165, 1.54) is 0 Å². The molecule has 1 N–H and O–H groups in total. The third-order valence-corrected chi connectivity index (χ3v) is 5.45. The van der Waals surface area contributed by atoms with Crippen molar-refractivity contribution in [2.45, 2.75) is 18.8 Å². The van der Waals surface area contributed by atoms with Gasteiger partial charge in [0.05, 0.1) is 0 Å². The number of aromatic nitrogens is 4. The molecule has 3 heterocycles. The number of nitrogens with one attached hydrogen (secondary N) is 1. The lowest BCUT2D eigenvalue weighted by Gasteiger charge is -2.35. The minimum atomic E-state index is -0.0970.